The number of carbonyl (C=O) groups is 2. The Kier molecular flexibility index (Phi) is 3.63. The Morgan fingerprint density at radius 3 is 2.43 bits per heavy atom. The minimum Gasteiger partial charge on any atom is -0.479 e. The molecule has 0 fully saturated rings. The molecule has 0 saturated heterocycles. The molecule has 0 aromatic heterocycles. The average Bonchev–Trinajstić information content (AvgIpc) is 2.18. The highest BCUT2D eigenvalue weighted by Gasteiger charge is 2.07. The lowest BCUT2D eigenvalue weighted by Gasteiger charge is -2.00. The number of benzene rings is 1. The monoisotopic (exact) mass is 196 g/mol. The molecule has 0 aliphatic heterocycles. The van der Waals surface area contributed by atoms with E-state index in [-0.39, 0.29) is 0 Å². The van der Waals surface area contributed by atoms with Gasteiger partial charge in [-0.1, -0.05) is 18.2 Å². The predicted molar refractivity (Wildman–Crippen MR) is 45.4 cm³/mol. The lowest BCUT2D eigenvalue weighted by molar-refractivity contribution is -0.242. The van der Waals surface area contributed by atoms with Crippen molar-refractivity contribution in [2.75, 3.05) is 6.61 Å². The molecule has 5 heteroatoms. The fourth-order valence-electron chi connectivity index (χ4n) is 0.756. The summed E-state index contributed by atoms with van der Waals surface area (Å²) < 4.78 is 0. The van der Waals surface area contributed by atoms with E-state index < -0.39 is 18.5 Å². The maximum absolute atomic E-state index is 11.1. The molecule has 0 atom stereocenters. The fourth-order valence-corrected chi connectivity index (χ4v) is 0.756. The van der Waals surface area contributed by atoms with Crippen molar-refractivity contribution in [3.63, 3.8) is 0 Å². The van der Waals surface area contributed by atoms with Crippen LogP contribution in [0.2, 0.25) is 0 Å². The van der Waals surface area contributed by atoms with Crippen LogP contribution in [0.25, 0.3) is 0 Å². The van der Waals surface area contributed by atoms with Gasteiger partial charge < -0.3 is 5.11 Å². The first-order valence-corrected chi connectivity index (χ1v) is 3.81. The zero-order chi connectivity index (χ0) is 10.4. The van der Waals surface area contributed by atoms with Crippen LogP contribution in [0, 0.1) is 0 Å². The molecule has 0 saturated carbocycles. The molecule has 0 amide bonds. The van der Waals surface area contributed by atoms with Crippen LogP contribution in [0.4, 0.5) is 0 Å². The van der Waals surface area contributed by atoms with Crippen molar-refractivity contribution in [3.8, 4) is 0 Å². The third kappa shape index (κ3) is 3.24. The maximum Gasteiger partial charge on any atom is 0.373 e. The summed E-state index contributed by atoms with van der Waals surface area (Å²) >= 11 is 0. The van der Waals surface area contributed by atoms with Crippen LogP contribution < -0.4 is 0 Å². The van der Waals surface area contributed by atoms with Crippen LogP contribution in [0.15, 0.2) is 30.3 Å². The van der Waals surface area contributed by atoms with Gasteiger partial charge in [-0.25, -0.2) is 9.59 Å². The van der Waals surface area contributed by atoms with E-state index in [1.165, 1.54) is 12.1 Å². The van der Waals surface area contributed by atoms with E-state index in [1.807, 2.05) is 0 Å². The summed E-state index contributed by atoms with van der Waals surface area (Å²) in [6, 6.07) is 8.13. The summed E-state index contributed by atoms with van der Waals surface area (Å²) in [5.41, 5.74) is 0.304. The summed E-state index contributed by atoms with van der Waals surface area (Å²) in [5, 5.41) is 8.18. The topological polar surface area (TPSA) is 72.8 Å². The van der Waals surface area contributed by atoms with Gasteiger partial charge in [-0.2, -0.15) is 4.89 Å². The smallest absolute Gasteiger partial charge is 0.373 e. The van der Waals surface area contributed by atoms with Gasteiger partial charge in [0.2, 0.25) is 0 Å². The molecule has 1 rings (SSSR count). The fraction of sp³-hybridized carbons (Fsp3) is 0.111. The second-order valence-corrected chi connectivity index (χ2v) is 2.39. The van der Waals surface area contributed by atoms with Gasteiger partial charge in [-0.15, -0.1) is 0 Å². The van der Waals surface area contributed by atoms with Gasteiger partial charge in [-0.05, 0) is 12.1 Å². The molecule has 0 radical (unpaired) electrons. The highest BCUT2D eigenvalue weighted by molar-refractivity contribution is 5.88. The predicted octanol–water partition coefficient (Wildman–Crippen LogP) is 0.860. The number of hydrogen-bond donors (Lipinski definition) is 1. The van der Waals surface area contributed by atoms with Gasteiger partial charge in [0.15, 0.2) is 6.61 Å². The Hall–Kier alpha value is -1.88. The zero-order valence-corrected chi connectivity index (χ0v) is 7.17. The maximum atomic E-state index is 11.1. The Labute approximate surface area is 79.8 Å². The van der Waals surface area contributed by atoms with Gasteiger partial charge in [0, 0.05) is 0 Å². The third-order valence-corrected chi connectivity index (χ3v) is 1.33. The Morgan fingerprint density at radius 2 is 1.86 bits per heavy atom. The number of aliphatic carboxylic acids is 1. The quantitative estimate of drug-likeness (QED) is 0.571. The normalized spacial score (nSPS) is 9.43. The second kappa shape index (κ2) is 4.98. The molecular formula is C9H8O5. The van der Waals surface area contributed by atoms with E-state index in [4.69, 9.17) is 5.11 Å². The van der Waals surface area contributed by atoms with Crippen molar-refractivity contribution in [2.24, 2.45) is 0 Å². The van der Waals surface area contributed by atoms with Crippen LogP contribution in [0.3, 0.4) is 0 Å². The number of hydrogen-bond acceptors (Lipinski definition) is 4. The van der Waals surface area contributed by atoms with E-state index >= 15 is 0 Å². The summed E-state index contributed by atoms with van der Waals surface area (Å²) in [6.45, 7) is -0.668. The summed E-state index contributed by atoms with van der Waals surface area (Å²) in [7, 11) is 0. The molecule has 0 unspecified atom stereocenters. The average molecular weight is 196 g/mol. The summed E-state index contributed by atoms with van der Waals surface area (Å²) in [5.74, 6) is -1.92. The third-order valence-electron chi connectivity index (χ3n) is 1.33. The van der Waals surface area contributed by atoms with Crippen LogP contribution in [-0.4, -0.2) is 23.7 Å². The SMILES string of the molecule is O=C(O)COOC(=O)c1ccccc1. The highest BCUT2D eigenvalue weighted by Crippen LogP contribution is 2.00. The van der Waals surface area contributed by atoms with Crippen molar-refractivity contribution in [1.82, 2.24) is 0 Å². The molecule has 74 valence electrons. The highest BCUT2D eigenvalue weighted by atomic mass is 17.2. The Bertz CT molecular complexity index is 319. The van der Waals surface area contributed by atoms with Crippen molar-refractivity contribution in [2.45, 2.75) is 0 Å². The molecule has 0 aliphatic carbocycles. The number of rotatable bonds is 4. The Morgan fingerprint density at radius 1 is 1.21 bits per heavy atom. The van der Waals surface area contributed by atoms with Crippen LogP contribution in [0.5, 0.6) is 0 Å². The lowest BCUT2D eigenvalue weighted by atomic mass is 10.2. The summed E-state index contributed by atoms with van der Waals surface area (Å²) in [4.78, 5) is 29.5. The molecule has 1 aromatic carbocycles. The molecule has 5 nitrogen and oxygen atoms in total. The van der Waals surface area contributed by atoms with Crippen LogP contribution in [0.1, 0.15) is 10.4 Å². The molecule has 1 N–H and O–H groups in total. The Balaban J connectivity index is 2.40. The minimum absolute atomic E-state index is 0.304. The van der Waals surface area contributed by atoms with E-state index in [2.05, 4.69) is 9.78 Å². The number of carboxylic acid groups (broad SMARTS) is 1. The van der Waals surface area contributed by atoms with Crippen LogP contribution >= 0.6 is 0 Å². The second-order valence-electron chi connectivity index (χ2n) is 2.39. The van der Waals surface area contributed by atoms with Gasteiger partial charge in [-0.3, -0.25) is 4.89 Å². The lowest BCUT2D eigenvalue weighted by Crippen LogP contribution is -2.11. The molecule has 0 aliphatic rings. The first-order chi connectivity index (χ1) is 6.70. The molecule has 0 spiro atoms. The largest absolute Gasteiger partial charge is 0.479 e. The molecular weight excluding hydrogens is 188 g/mol. The zero-order valence-electron chi connectivity index (χ0n) is 7.17. The minimum atomic E-state index is -1.20. The molecule has 0 heterocycles. The molecule has 1 aromatic rings. The van der Waals surface area contributed by atoms with Gasteiger partial charge in [0.1, 0.15) is 0 Å². The molecule has 14 heavy (non-hydrogen) atoms. The van der Waals surface area contributed by atoms with Crippen molar-refractivity contribution in [3.05, 3.63) is 35.9 Å². The molecule has 0 bridgehead atoms. The van der Waals surface area contributed by atoms with E-state index in [0.29, 0.717) is 5.56 Å². The first-order valence-electron chi connectivity index (χ1n) is 3.81. The van der Waals surface area contributed by atoms with E-state index in [1.54, 1.807) is 18.2 Å². The van der Waals surface area contributed by atoms with Crippen molar-refractivity contribution in [1.29, 1.82) is 0 Å². The summed E-state index contributed by atoms with van der Waals surface area (Å²) in [6.07, 6.45) is 0. The van der Waals surface area contributed by atoms with E-state index in [9.17, 15) is 9.59 Å². The first kappa shape index (κ1) is 10.2. The number of carboxylic acids is 1. The number of carbonyl (C=O) groups excluding carboxylic acids is 1. The van der Waals surface area contributed by atoms with Crippen molar-refractivity contribution >= 4 is 11.9 Å². The van der Waals surface area contributed by atoms with Crippen molar-refractivity contribution < 1.29 is 24.5 Å². The van der Waals surface area contributed by atoms with Crippen LogP contribution in [-0.2, 0) is 14.6 Å². The van der Waals surface area contributed by atoms with Gasteiger partial charge >= 0.3 is 11.9 Å². The van der Waals surface area contributed by atoms with E-state index in [0.717, 1.165) is 0 Å². The van der Waals surface area contributed by atoms with Gasteiger partial charge in [0.05, 0.1) is 5.56 Å². The van der Waals surface area contributed by atoms with Gasteiger partial charge in [0.25, 0.3) is 0 Å². The standard InChI is InChI=1S/C9H8O5/c10-8(11)6-13-14-9(12)7-4-2-1-3-5-7/h1-5H,6H2,(H,10,11).